The summed E-state index contributed by atoms with van der Waals surface area (Å²) >= 11 is 0. The van der Waals surface area contributed by atoms with E-state index in [1.807, 2.05) is 6.08 Å². The lowest BCUT2D eigenvalue weighted by Gasteiger charge is -2.21. The molecule has 0 aromatic rings. The van der Waals surface area contributed by atoms with Crippen molar-refractivity contribution in [2.45, 2.75) is 264 Å². The van der Waals surface area contributed by atoms with Gasteiger partial charge < -0.3 is 24.2 Å². The van der Waals surface area contributed by atoms with Crippen LogP contribution >= 0.6 is 7.82 Å². The largest absolute Gasteiger partial charge is 0.472 e. The Hall–Kier alpha value is -4.38. The lowest BCUT2D eigenvalue weighted by atomic mass is 10.1. The second kappa shape index (κ2) is 62.7. The minimum Gasteiger partial charge on any atom is -0.462 e. The Morgan fingerprint density at radius 1 is 0.354 bits per heavy atom. The number of allylic oxidation sites excluding steroid dienone is 22. The molecule has 0 aliphatic heterocycles. The molecule has 0 aromatic heterocycles. The molecule has 0 spiro atoms. The highest BCUT2D eigenvalue weighted by atomic mass is 31.2. The van der Waals surface area contributed by atoms with Gasteiger partial charge in [-0.15, -0.1) is 0 Å². The summed E-state index contributed by atoms with van der Waals surface area (Å²) in [5, 5.41) is 9.86. The van der Waals surface area contributed by atoms with Gasteiger partial charge in [-0.25, -0.2) is 4.57 Å². The van der Waals surface area contributed by atoms with Crippen molar-refractivity contribution in [3.05, 3.63) is 134 Å². The quantitative estimate of drug-likeness (QED) is 0.0197. The Morgan fingerprint density at radius 3 is 1.01 bits per heavy atom. The van der Waals surface area contributed by atoms with Crippen molar-refractivity contribution in [2.75, 3.05) is 26.4 Å². The van der Waals surface area contributed by atoms with Crippen LogP contribution in [-0.4, -0.2) is 66.5 Å². The summed E-state index contributed by atoms with van der Waals surface area (Å²) in [5.41, 5.74) is 0. The molecule has 0 rings (SSSR count). The molecule has 0 bridgehead atoms. The number of ether oxygens (including phenoxy) is 3. The maximum Gasteiger partial charge on any atom is 0.472 e. The lowest BCUT2D eigenvalue weighted by Crippen LogP contribution is -2.30. The maximum atomic E-state index is 13.0. The standard InChI is InChI=1S/C70H115O11P/c1-4-7-10-13-16-19-22-25-28-31-33-36-39-42-45-48-51-54-57-60-69(73)80-66(62-71)64-78-82(75,76)79-65-67(63-77-68(72)59-56-53-50-47-44-41-38-35-30-27-24-21-18-15-12-9-6-3)81-70(74)61-58-55-52-49-46-43-40-37-34-32-29-26-23-20-17-14-11-8-5-2/h9,12,16-21,25-30,33-34,36-38,41,47,50,66-67,71H,4-8,10-11,13-15,22-24,31-32,35,39-40,42-46,48-49,51-65H2,1-3H3,(H,75,76)/b12-9-,19-16-,20-17-,21-18-,28-25-,29-26-,30-27-,36-33-,37-34-,41-38-,50-47-. The summed E-state index contributed by atoms with van der Waals surface area (Å²) in [6, 6.07) is 0. The van der Waals surface area contributed by atoms with E-state index in [2.05, 4.69) is 148 Å². The molecule has 11 nitrogen and oxygen atoms in total. The zero-order valence-corrected chi connectivity index (χ0v) is 52.6. The summed E-state index contributed by atoms with van der Waals surface area (Å²) in [6.45, 7) is 4.39. The number of aliphatic hydroxyl groups is 1. The number of carbonyl (C=O) groups is 3. The Morgan fingerprint density at radius 2 is 0.646 bits per heavy atom. The number of carbonyl (C=O) groups excluding carboxylic acids is 3. The summed E-state index contributed by atoms with van der Waals surface area (Å²) in [7, 11) is -4.78. The molecule has 82 heavy (non-hydrogen) atoms. The molecule has 12 heteroatoms. The van der Waals surface area contributed by atoms with Crippen LogP contribution in [0.15, 0.2) is 134 Å². The molecule has 0 aliphatic rings. The van der Waals surface area contributed by atoms with E-state index in [-0.39, 0.29) is 25.9 Å². The van der Waals surface area contributed by atoms with Gasteiger partial charge >= 0.3 is 25.7 Å². The highest BCUT2D eigenvalue weighted by molar-refractivity contribution is 7.47. The fraction of sp³-hybridized carbons (Fsp3) is 0.643. The van der Waals surface area contributed by atoms with Crippen LogP contribution < -0.4 is 0 Å². The number of aliphatic hydroxyl groups excluding tert-OH is 1. The van der Waals surface area contributed by atoms with E-state index in [0.717, 1.165) is 135 Å². The van der Waals surface area contributed by atoms with Gasteiger partial charge in [-0.2, -0.15) is 0 Å². The van der Waals surface area contributed by atoms with E-state index < -0.39 is 57.8 Å². The molecule has 2 N–H and O–H groups in total. The average Bonchev–Trinajstić information content (AvgIpc) is 3.47. The van der Waals surface area contributed by atoms with E-state index in [0.29, 0.717) is 25.7 Å². The van der Waals surface area contributed by atoms with Gasteiger partial charge in [-0.3, -0.25) is 23.4 Å². The fourth-order valence-electron chi connectivity index (χ4n) is 8.17. The molecule has 0 saturated heterocycles. The number of esters is 3. The van der Waals surface area contributed by atoms with Gasteiger partial charge in [0.05, 0.1) is 19.8 Å². The van der Waals surface area contributed by atoms with Gasteiger partial charge in [-0.1, -0.05) is 231 Å². The molecular weight excluding hydrogens is 1050 g/mol. The van der Waals surface area contributed by atoms with Crippen molar-refractivity contribution >= 4 is 25.7 Å². The Bertz CT molecular complexity index is 1890. The smallest absolute Gasteiger partial charge is 0.462 e. The SMILES string of the molecule is CC/C=C\C/C=C\C/C=C\C/C=C\C/C=C\CCCC(=O)OCC(COP(=O)(O)OCC(CO)OC(=O)CCCCCCCC/C=C\C/C=C\C/C=C\CCCCC)OC(=O)CCCCCCCC/C=C\C/C=C\C/C=C\CCCCC. The van der Waals surface area contributed by atoms with Gasteiger partial charge in [0.1, 0.15) is 12.7 Å². The highest BCUT2D eigenvalue weighted by Crippen LogP contribution is 2.43. The second-order valence-electron chi connectivity index (χ2n) is 20.8. The normalized spacial score (nSPS) is 14.2. The van der Waals surface area contributed by atoms with Gasteiger partial charge in [-0.05, 0) is 135 Å². The predicted molar refractivity (Wildman–Crippen MR) is 343 cm³/mol. The Labute approximate surface area is 500 Å². The van der Waals surface area contributed by atoms with Crippen molar-refractivity contribution in [1.29, 1.82) is 0 Å². The fourth-order valence-corrected chi connectivity index (χ4v) is 8.95. The van der Waals surface area contributed by atoms with E-state index >= 15 is 0 Å². The van der Waals surface area contributed by atoms with E-state index in [4.69, 9.17) is 23.3 Å². The van der Waals surface area contributed by atoms with Gasteiger partial charge in [0, 0.05) is 19.3 Å². The molecule has 0 heterocycles. The molecule has 3 atom stereocenters. The minimum absolute atomic E-state index is 0.133. The van der Waals surface area contributed by atoms with Crippen LogP contribution in [0.3, 0.4) is 0 Å². The zero-order chi connectivity index (χ0) is 59.8. The first-order valence-electron chi connectivity index (χ1n) is 32.1. The Kier molecular flexibility index (Phi) is 59.3. The molecule has 466 valence electrons. The predicted octanol–water partition coefficient (Wildman–Crippen LogP) is 19.7. The van der Waals surface area contributed by atoms with Crippen LogP contribution in [0.2, 0.25) is 0 Å². The first-order valence-corrected chi connectivity index (χ1v) is 33.6. The van der Waals surface area contributed by atoms with Crippen LogP contribution in [0, 0.1) is 0 Å². The number of phosphoric ester groups is 1. The number of phosphoric acid groups is 1. The molecule has 0 fully saturated rings. The number of hydrogen-bond donors (Lipinski definition) is 2. The summed E-state index contributed by atoms with van der Waals surface area (Å²) < 4.78 is 39.6. The third kappa shape index (κ3) is 60.2. The maximum absolute atomic E-state index is 13.0. The molecule has 0 aliphatic carbocycles. The topological polar surface area (TPSA) is 155 Å². The van der Waals surface area contributed by atoms with Crippen molar-refractivity contribution < 1.29 is 52.2 Å². The summed E-state index contributed by atoms with van der Waals surface area (Å²) in [6.07, 6.45) is 79.7. The first kappa shape index (κ1) is 77.6. The van der Waals surface area contributed by atoms with Crippen molar-refractivity contribution in [3.8, 4) is 0 Å². The minimum atomic E-state index is -4.78. The monoisotopic (exact) mass is 1160 g/mol. The van der Waals surface area contributed by atoms with Crippen LogP contribution in [-0.2, 0) is 42.2 Å². The van der Waals surface area contributed by atoms with Crippen molar-refractivity contribution in [2.24, 2.45) is 0 Å². The number of unbranched alkanes of at least 4 members (excludes halogenated alkanes) is 19. The third-order valence-electron chi connectivity index (χ3n) is 13.0. The van der Waals surface area contributed by atoms with E-state index in [1.54, 1.807) is 0 Å². The molecule has 0 radical (unpaired) electrons. The third-order valence-corrected chi connectivity index (χ3v) is 14.0. The molecule has 0 aromatic carbocycles. The lowest BCUT2D eigenvalue weighted by molar-refractivity contribution is -0.161. The summed E-state index contributed by atoms with van der Waals surface area (Å²) in [5.74, 6) is -1.57. The van der Waals surface area contributed by atoms with Crippen LogP contribution in [0.4, 0.5) is 0 Å². The molecule has 0 saturated carbocycles. The number of hydrogen-bond acceptors (Lipinski definition) is 10. The average molecular weight is 1160 g/mol. The van der Waals surface area contributed by atoms with Crippen LogP contribution in [0.25, 0.3) is 0 Å². The van der Waals surface area contributed by atoms with Crippen molar-refractivity contribution in [1.82, 2.24) is 0 Å². The van der Waals surface area contributed by atoms with E-state index in [9.17, 15) is 28.9 Å². The van der Waals surface area contributed by atoms with Crippen LogP contribution in [0.5, 0.6) is 0 Å². The highest BCUT2D eigenvalue weighted by Gasteiger charge is 2.28. The van der Waals surface area contributed by atoms with E-state index in [1.165, 1.54) is 51.4 Å². The molecule has 0 amide bonds. The second-order valence-corrected chi connectivity index (χ2v) is 22.3. The van der Waals surface area contributed by atoms with Gasteiger partial charge in [0.15, 0.2) is 6.10 Å². The van der Waals surface area contributed by atoms with Crippen molar-refractivity contribution in [3.63, 3.8) is 0 Å². The molecular formula is C70H115O11P. The van der Waals surface area contributed by atoms with Gasteiger partial charge in [0.25, 0.3) is 0 Å². The molecule has 3 unspecified atom stereocenters. The van der Waals surface area contributed by atoms with Crippen LogP contribution in [0.1, 0.15) is 252 Å². The van der Waals surface area contributed by atoms with Gasteiger partial charge in [0.2, 0.25) is 0 Å². The summed E-state index contributed by atoms with van der Waals surface area (Å²) in [4.78, 5) is 48.8. The Balaban J connectivity index is 4.82. The first-order chi connectivity index (χ1) is 40.2. The number of rotatable bonds is 58. The zero-order valence-electron chi connectivity index (χ0n) is 51.7.